The minimum atomic E-state index is 0. The van der Waals surface area contributed by atoms with Crippen molar-refractivity contribution in [3.8, 4) is 0 Å². The van der Waals surface area contributed by atoms with Crippen molar-refractivity contribution >= 4 is 29.9 Å². The zero-order valence-corrected chi connectivity index (χ0v) is 14.9. The SMILES string of the molecule is CCNC(=NCCO)NCCc1cc(C)cc(C)c1.I. The van der Waals surface area contributed by atoms with Gasteiger partial charge < -0.3 is 15.7 Å². The molecule has 0 fully saturated rings. The number of guanidine groups is 1. The molecule has 5 heteroatoms. The zero-order chi connectivity index (χ0) is 14.1. The van der Waals surface area contributed by atoms with Gasteiger partial charge >= 0.3 is 0 Å². The Morgan fingerprint density at radius 1 is 1.15 bits per heavy atom. The van der Waals surface area contributed by atoms with Crippen LogP contribution < -0.4 is 10.6 Å². The minimum absolute atomic E-state index is 0. The van der Waals surface area contributed by atoms with Crippen LogP contribution in [0.5, 0.6) is 0 Å². The second-order valence-electron chi connectivity index (χ2n) is 4.66. The van der Waals surface area contributed by atoms with E-state index in [4.69, 9.17) is 5.11 Å². The van der Waals surface area contributed by atoms with Crippen LogP contribution in [-0.4, -0.2) is 37.3 Å². The normalized spacial score (nSPS) is 10.9. The maximum Gasteiger partial charge on any atom is 0.191 e. The summed E-state index contributed by atoms with van der Waals surface area (Å²) in [6.45, 7) is 8.43. The summed E-state index contributed by atoms with van der Waals surface area (Å²) in [5, 5.41) is 15.2. The summed E-state index contributed by atoms with van der Waals surface area (Å²) in [6.07, 6.45) is 0.964. The van der Waals surface area contributed by atoms with Crippen LogP contribution in [0.25, 0.3) is 0 Å². The number of aliphatic hydroxyl groups is 1. The number of benzene rings is 1. The number of aliphatic imine (C=N–C) groups is 1. The molecule has 1 aromatic carbocycles. The molecule has 3 N–H and O–H groups in total. The lowest BCUT2D eigenvalue weighted by Gasteiger charge is -2.11. The first-order valence-corrected chi connectivity index (χ1v) is 6.86. The van der Waals surface area contributed by atoms with Gasteiger partial charge in [0.1, 0.15) is 0 Å². The Morgan fingerprint density at radius 2 is 1.80 bits per heavy atom. The minimum Gasteiger partial charge on any atom is -0.394 e. The molecule has 0 atom stereocenters. The van der Waals surface area contributed by atoms with E-state index in [0.29, 0.717) is 6.54 Å². The topological polar surface area (TPSA) is 56.7 Å². The Labute approximate surface area is 139 Å². The molecule has 0 unspecified atom stereocenters. The average molecular weight is 391 g/mol. The first-order chi connectivity index (χ1) is 9.15. The maximum atomic E-state index is 8.79. The van der Waals surface area contributed by atoms with Gasteiger partial charge in [-0.05, 0) is 32.8 Å². The van der Waals surface area contributed by atoms with Crippen LogP contribution in [0.1, 0.15) is 23.6 Å². The Balaban J connectivity index is 0.00000361. The van der Waals surface area contributed by atoms with Crippen LogP contribution in [0, 0.1) is 13.8 Å². The van der Waals surface area contributed by atoms with E-state index in [0.717, 1.165) is 25.5 Å². The summed E-state index contributed by atoms with van der Waals surface area (Å²) in [6, 6.07) is 6.61. The third kappa shape index (κ3) is 7.69. The molecule has 1 aromatic rings. The number of aliphatic hydroxyl groups excluding tert-OH is 1. The van der Waals surface area contributed by atoms with Gasteiger partial charge in [-0.2, -0.15) is 0 Å². The van der Waals surface area contributed by atoms with Crippen molar-refractivity contribution in [2.45, 2.75) is 27.2 Å². The van der Waals surface area contributed by atoms with E-state index in [1.807, 2.05) is 6.92 Å². The highest BCUT2D eigenvalue weighted by molar-refractivity contribution is 14.0. The molecule has 0 bridgehead atoms. The summed E-state index contributed by atoms with van der Waals surface area (Å²) in [5.41, 5.74) is 3.94. The Morgan fingerprint density at radius 3 is 2.35 bits per heavy atom. The third-order valence-electron chi connectivity index (χ3n) is 2.70. The van der Waals surface area contributed by atoms with Gasteiger partial charge in [-0.1, -0.05) is 29.3 Å². The number of rotatable bonds is 6. The molecule has 1 rings (SSSR count). The molecule has 0 spiro atoms. The van der Waals surface area contributed by atoms with Crippen LogP contribution in [0.15, 0.2) is 23.2 Å². The number of aryl methyl sites for hydroxylation is 2. The lowest BCUT2D eigenvalue weighted by atomic mass is 10.1. The summed E-state index contributed by atoms with van der Waals surface area (Å²) in [7, 11) is 0. The van der Waals surface area contributed by atoms with Crippen LogP contribution in [0.3, 0.4) is 0 Å². The fraction of sp³-hybridized carbons (Fsp3) is 0.533. The van der Waals surface area contributed by atoms with Crippen LogP contribution in [0.4, 0.5) is 0 Å². The molecule has 0 aliphatic heterocycles. The molecule has 0 heterocycles. The van der Waals surface area contributed by atoms with Crippen molar-refractivity contribution in [2.24, 2.45) is 4.99 Å². The Hall–Kier alpha value is -0.820. The van der Waals surface area contributed by atoms with Gasteiger partial charge in [0.25, 0.3) is 0 Å². The molecule has 0 aliphatic rings. The average Bonchev–Trinajstić information content (AvgIpc) is 2.34. The summed E-state index contributed by atoms with van der Waals surface area (Å²) in [4.78, 5) is 4.24. The lowest BCUT2D eigenvalue weighted by Crippen LogP contribution is -2.38. The van der Waals surface area contributed by atoms with Crippen molar-refractivity contribution in [1.82, 2.24) is 10.6 Å². The second-order valence-corrected chi connectivity index (χ2v) is 4.66. The van der Waals surface area contributed by atoms with Crippen LogP contribution in [0.2, 0.25) is 0 Å². The quantitative estimate of drug-likeness (QED) is 0.395. The highest BCUT2D eigenvalue weighted by atomic mass is 127. The highest BCUT2D eigenvalue weighted by Crippen LogP contribution is 2.08. The summed E-state index contributed by atoms with van der Waals surface area (Å²) in [5.74, 6) is 0.765. The fourth-order valence-electron chi connectivity index (χ4n) is 2.04. The molecule has 0 radical (unpaired) electrons. The van der Waals surface area contributed by atoms with Gasteiger partial charge in [-0.15, -0.1) is 24.0 Å². The molecular weight excluding hydrogens is 365 g/mol. The van der Waals surface area contributed by atoms with E-state index in [2.05, 4.69) is 47.7 Å². The first-order valence-electron chi connectivity index (χ1n) is 6.86. The molecule has 0 amide bonds. The molecule has 114 valence electrons. The van der Waals surface area contributed by atoms with Gasteiger partial charge in [-0.3, -0.25) is 4.99 Å². The van der Waals surface area contributed by atoms with E-state index in [-0.39, 0.29) is 30.6 Å². The monoisotopic (exact) mass is 391 g/mol. The van der Waals surface area contributed by atoms with Gasteiger partial charge in [0.15, 0.2) is 5.96 Å². The van der Waals surface area contributed by atoms with Gasteiger partial charge in [0.2, 0.25) is 0 Å². The Bertz CT molecular complexity index is 401. The predicted octanol–water partition coefficient (Wildman–Crippen LogP) is 2.01. The molecular formula is C15H26IN3O. The molecule has 4 nitrogen and oxygen atoms in total. The smallest absolute Gasteiger partial charge is 0.191 e. The van der Waals surface area contributed by atoms with Crippen molar-refractivity contribution in [1.29, 1.82) is 0 Å². The van der Waals surface area contributed by atoms with Gasteiger partial charge in [-0.25, -0.2) is 0 Å². The number of nitrogens with zero attached hydrogens (tertiary/aromatic N) is 1. The predicted molar refractivity (Wildman–Crippen MR) is 96.1 cm³/mol. The molecule has 0 saturated carbocycles. The van der Waals surface area contributed by atoms with E-state index in [1.165, 1.54) is 16.7 Å². The Kier molecular flexibility index (Phi) is 10.5. The first kappa shape index (κ1) is 19.2. The zero-order valence-electron chi connectivity index (χ0n) is 12.6. The third-order valence-corrected chi connectivity index (χ3v) is 2.70. The van der Waals surface area contributed by atoms with Crippen molar-refractivity contribution in [2.75, 3.05) is 26.2 Å². The second kappa shape index (κ2) is 10.9. The molecule has 0 aromatic heterocycles. The van der Waals surface area contributed by atoms with Crippen LogP contribution in [-0.2, 0) is 6.42 Å². The van der Waals surface area contributed by atoms with Gasteiger partial charge in [0.05, 0.1) is 13.2 Å². The van der Waals surface area contributed by atoms with Gasteiger partial charge in [0, 0.05) is 13.1 Å². The van der Waals surface area contributed by atoms with Crippen molar-refractivity contribution in [3.63, 3.8) is 0 Å². The highest BCUT2D eigenvalue weighted by Gasteiger charge is 1.99. The summed E-state index contributed by atoms with van der Waals surface area (Å²) < 4.78 is 0. The van der Waals surface area contributed by atoms with E-state index >= 15 is 0 Å². The number of nitrogens with one attached hydrogen (secondary N) is 2. The number of hydrogen-bond donors (Lipinski definition) is 3. The van der Waals surface area contributed by atoms with E-state index < -0.39 is 0 Å². The van der Waals surface area contributed by atoms with Crippen molar-refractivity contribution in [3.05, 3.63) is 34.9 Å². The molecule has 20 heavy (non-hydrogen) atoms. The van der Waals surface area contributed by atoms with E-state index in [9.17, 15) is 0 Å². The largest absolute Gasteiger partial charge is 0.394 e. The maximum absolute atomic E-state index is 8.79. The summed E-state index contributed by atoms with van der Waals surface area (Å²) >= 11 is 0. The number of hydrogen-bond acceptors (Lipinski definition) is 2. The van der Waals surface area contributed by atoms with Crippen molar-refractivity contribution < 1.29 is 5.11 Å². The molecule has 0 saturated heterocycles. The molecule has 0 aliphatic carbocycles. The fourth-order valence-corrected chi connectivity index (χ4v) is 2.04. The lowest BCUT2D eigenvalue weighted by molar-refractivity contribution is 0.306. The van der Waals surface area contributed by atoms with E-state index in [1.54, 1.807) is 0 Å². The number of halogens is 1. The van der Waals surface area contributed by atoms with Crippen LogP contribution >= 0.6 is 24.0 Å². The standard InChI is InChI=1S/C15H25N3O.HI/c1-4-16-15(18-7-8-19)17-6-5-14-10-12(2)9-13(3)11-14;/h9-11,19H,4-8H2,1-3H3,(H2,16,17,18);1H.